The lowest BCUT2D eigenvalue weighted by Gasteiger charge is -2.37. The SMILES string of the molecule is CCC1CC(NCCO)CN(CC(=O)O)C1. The summed E-state index contributed by atoms with van der Waals surface area (Å²) in [5.41, 5.74) is 0. The average molecular weight is 230 g/mol. The van der Waals surface area contributed by atoms with Crippen molar-refractivity contribution in [2.75, 3.05) is 32.8 Å². The maximum atomic E-state index is 10.7. The molecule has 0 radical (unpaired) electrons. The third-order valence-corrected chi connectivity index (χ3v) is 3.09. The van der Waals surface area contributed by atoms with Gasteiger partial charge in [0.1, 0.15) is 0 Å². The summed E-state index contributed by atoms with van der Waals surface area (Å²) in [6.45, 7) is 4.61. The number of hydrogen-bond donors (Lipinski definition) is 3. The first-order chi connectivity index (χ1) is 7.65. The molecule has 16 heavy (non-hydrogen) atoms. The molecule has 0 aliphatic carbocycles. The van der Waals surface area contributed by atoms with E-state index in [1.54, 1.807) is 0 Å². The maximum absolute atomic E-state index is 10.7. The van der Waals surface area contributed by atoms with Gasteiger partial charge in [-0.1, -0.05) is 13.3 Å². The maximum Gasteiger partial charge on any atom is 0.317 e. The van der Waals surface area contributed by atoms with Crippen molar-refractivity contribution in [1.29, 1.82) is 0 Å². The quantitative estimate of drug-likeness (QED) is 0.587. The van der Waals surface area contributed by atoms with Gasteiger partial charge in [0, 0.05) is 25.7 Å². The smallest absolute Gasteiger partial charge is 0.317 e. The molecule has 0 saturated carbocycles. The fraction of sp³-hybridized carbons (Fsp3) is 0.909. The molecule has 3 N–H and O–H groups in total. The number of carboxylic acids is 1. The van der Waals surface area contributed by atoms with Crippen LogP contribution in [-0.4, -0.2) is 59.9 Å². The van der Waals surface area contributed by atoms with Crippen LogP contribution in [-0.2, 0) is 4.79 Å². The van der Waals surface area contributed by atoms with Crippen molar-refractivity contribution in [3.8, 4) is 0 Å². The highest BCUT2D eigenvalue weighted by Crippen LogP contribution is 2.19. The zero-order chi connectivity index (χ0) is 12.0. The number of nitrogens with one attached hydrogen (secondary N) is 1. The number of rotatable bonds is 6. The Hall–Kier alpha value is -0.650. The van der Waals surface area contributed by atoms with E-state index in [4.69, 9.17) is 10.2 Å². The molecule has 0 aromatic rings. The highest BCUT2D eigenvalue weighted by molar-refractivity contribution is 5.69. The van der Waals surface area contributed by atoms with Crippen molar-refractivity contribution in [3.63, 3.8) is 0 Å². The predicted molar refractivity (Wildman–Crippen MR) is 61.4 cm³/mol. The van der Waals surface area contributed by atoms with E-state index >= 15 is 0 Å². The minimum atomic E-state index is -0.766. The molecule has 5 nitrogen and oxygen atoms in total. The minimum Gasteiger partial charge on any atom is -0.480 e. The highest BCUT2D eigenvalue weighted by Gasteiger charge is 2.26. The monoisotopic (exact) mass is 230 g/mol. The van der Waals surface area contributed by atoms with Gasteiger partial charge < -0.3 is 15.5 Å². The predicted octanol–water partition coefficient (Wildman–Crippen LogP) is -0.247. The van der Waals surface area contributed by atoms with Crippen LogP contribution in [0.1, 0.15) is 19.8 Å². The number of piperidine rings is 1. The lowest BCUT2D eigenvalue weighted by molar-refractivity contribution is -0.138. The van der Waals surface area contributed by atoms with Gasteiger partial charge in [-0.3, -0.25) is 9.69 Å². The van der Waals surface area contributed by atoms with E-state index in [9.17, 15) is 4.79 Å². The lowest BCUT2D eigenvalue weighted by atomic mass is 9.92. The van der Waals surface area contributed by atoms with E-state index in [-0.39, 0.29) is 13.2 Å². The van der Waals surface area contributed by atoms with Crippen LogP contribution < -0.4 is 5.32 Å². The average Bonchev–Trinajstić information content (AvgIpc) is 2.25. The summed E-state index contributed by atoms with van der Waals surface area (Å²) in [6.07, 6.45) is 2.15. The van der Waals surface area contributed by atoms with Gasteiger partial charge in [0.2, 0.25) is 0 Å². The van der Waals surface area contributed by atoms with Crippen LogP contribution >= 0.6 is 0 Å². The minimum absolute atomic E-state index is 0.119. The van der Waals surface area contributed by atoms with Gasteiger partial charge in [0.25, 0.3) is 0 Å². The van der Waals surface area contributed by atoms with Crippen LogP contribution in [0.15, 0.2) is 0 Å². The molecule has 94 valence electrons. The van der Waals surface area contributed by atoms with E-state index in [2.05, 4.69) is 12.2 Å². The summed E-state index contributed by atoms with van der Waals surface area (Å²) in [4.78, 5) is 12.7. The third-order valence-electron chi connectivity index (χ3n) is 3.09. The van der Waals surface area contributed by atoms with Crippen LogP contribution in [0.25, 0.3) is 0 Å². The van der Waals surface area contributed by atoms with Crippen LogP contribution in [0.4, 0.5) is 0 Å². The molecule has 5 heteroatoms. The summed E-state index contributed by atoms with van der Waals surface area (Å²) >= 11 is 0. The number of aliphatic hydroxyl groups is 1. The molecule has 0 amide bonds. The molecule has 1 aliphatic heterocycles. The second kappa shape index (κ2) is 6.83. The van der Waals surface area contributed by atoms with Crippen molar-refractivity contribution >= 4 is 5.97 Å². The molecular weight excluding hydrogens is 208 g/mol. The van der Waals surface area contributed by atoms with Crippen molar-refractivity contribution < 1.29 is 15.0 Å². The van der Waals surface area contributed by atoms with E-state index in [0.717, 1.165) is 25.9 Å². The summed E-state index contributed by atoms with van der Waals surface area (Å²) < 4.78 is 0. The molecule has 2 atom stereocenters. The summed E-state index contributed by atoms with van der Waals surface area (Å²) in [5, 5.41) is 20.8. The first kappa shape index (κ1) is 13.4. The molecule has 0 bridgehead atoms. The third kappa shape index (κ3) is 4.47. The molecule has 1 heterocycles. The summed E-state index contributed by atoms with van der Waals surface area (Å²) in [5.74, 6) is -0.207. The molecule has 1 saturated heterocycles. The van der Waals surface area contributed by atoms with Gasteiger partial charge in [-0.25, -0.2) is 0 Å². The number of carbonyl (C=O) groups is 1. The second-order valence-electron chi connectivity index (χ2n) is 4.47. The molecular formula is C11H22N2O3. The Bertz CT molecular complexity index is 223. The summed E-state index contributed by atoms with van der Waals surface area (Å²) in [6, 6.07) is 0.310. The Kier molecular flexibility index (Phi) is 5.73. The normalized spacial score (nSPS) is 26.9. The number of carboxylic acid groups (broad SMARTS) is 1. The molecule has 0 aromatic carbocycles. The molecule has 0 spiro atoms. The number of likely N-dealkylation sites (tertiary alicyclic amines) is 1. The number of aliphatic carboxylic acids is 1. The van der Waals surface area contributed by atoms with Gasteiger partial charge >= 0.3 is 5.97 Å². The van der Waals surface area contributed by atoms with E-state index in [1.165, 1.54) is 0 Å². The van der Waals surface area contributed by atoms with E-state index < -0.39 is 5.97 Å². The van der Waals surface area contributed by atoms with Gasteiger partial charge in [0.05, 0.1) is 13.2 Å². The van der Waals surface area contributed by atoms with Gasteiger partial charge in [-0.15, -0.1) is 0 Å². The first-order valence-corrected chi connectivity index (χ1v) is 5.94. The van der Waals surface area contributed by atoms with Crippen molar-refractivity contribution in [2.24, 2.45) is 5.92 Å². The standard InChI is InChI=1S/C11H22N2O3/c1-2-9-5-10(12-3-4-14)7-13(6-9)8-11(15)16/h9-10,12,14H,2-8H2,1H3,(H,15,16). The van der Waals surface area contributed by atoms with Gasteiger partial charge in [-0.2, -0.15) is 0 Å². The van der Waals surface area contributed by atoms with Crippen LogP contribution in [0.5, 0.6) is 0 Å². The van der Waals surface area contributed by atoms with E-state index in [1.807, 2.05) is 4.90 Å². The zero-order valence-electron chi connectivity index (χ0n) is 9.85. The molecule has 1 aliphatic rings. The second-order valence-corrected chi connectivity index (χ2v) is 4.47. The molecule has 0 aromatic heterocycles. The first-order valence-electron chi connectivity index (χ1n) is 5.94. The topological polar surface area (TPSA) is 72.8 Å². The van der Waals surface area contributed by atoms with Crippen LogP contribution in [0.3, 0.4) is 0 Å². The van der Waals surface area contributed by atoms with Crippen LogP contribution in [0.2, 0.25) is 0 Å². The van der Waals surface area contributed by atoms with Gasteiger partial charge in [0.15, 0.2) is 0 Å². The zero-order valence-corrected chi connectivity index (χ0v) is 9.85. The summed E-state index contributed by atoms with van der Waals surface area (Å²) in [7, 11) is 0. The Morgan fingerprint density at radius 3 is 2.81 bits per heavy atom. The Labute approximate surface area is 96.4 Å². The van der Waals surface area contributed by atoms with Gasteiger partial charge in [-0.05, 0) is 12.3 Å². The highest BCUT2D eigenvalue weighted by atomic mass is 16.4. The Morgan fingerprint density at radius 1 is 1.50 bits per heavy atom. The number of hydrogen-bond acceptors (Lipinski definition) is 4. The van der Waals surface area contributed by atoms with Crippen molar-refractivity contribution in [2.45, 2.75) is 25.8 Å². The molecule has 1 fully saturated rings. The number of aliphatic hydroxyl groups excluding tert-OH is 1. The van der Waals surface area contributed by atoms with Crippen molar-refractivity contribution in [1.82, 2.24) is 10.2 Å². The largest absolute Gasteiger partial charge is 0.480 e. The fourth-order valence-corrected chi connectivity index (χ4v) is 2.34. The Balaban J connectivity index is 2.43. The Morgan fingerprint density at radius 2 is 2.25 bits per heavy atom. The number of nitrogens with zero attached hydrogens (tertiary/aromatic N) is 1. The fourth-order valence-electron chi connectivity index (χ4n) is 2.34. The van der Waals surface area contributed by atoms with Crippen LogP contribution in [0, 0.1) is 5.92 Å². The molecule has 1 rings (SSSR count). The molecule has 2 unspecified atom stereocenters. The van der Waals surface area contributed by atoms with E-state index in [0.29, 0.717) is 18.5 Å². The van der Waals surface area contributed by atoms with Crippen molar-refractivity contribution in [3.05, 3.63) is 0 Å². The lowest BCUT2D eigenvalue weighted by Crippen LogP contribution is -2.50.